The lowest BCUT2D eigenvalue weighted by Crippen LogP contribution is -2.73. The normalized spacial score (nSPS) is 22.4. The molecule has 2 aliphatic heterocycles. The molecule has 0 amide bonds. The Labute approximate surface area is 458 Å². The summed E-state index contributed by atoms with van der Waals surface area (Å²) in [5.74, 6) is -0.302. The molecule has 2 heterocycles. The molecule has 5 nitrogen and oxygen atoms in total. The van der Waals surface area contributed by atoms with E-state index in [9.17, 15) is 4.79 Å². The summed E-state index contributed by atoms with van der Waals surface area (Å²) in [6.07, 6.45) is 6.96. The van der Waals surface area contributed by atoms with Crippen LogP contribution in [0.2, 0.25) is 0 Å². The van der Waals surface area contributed by atoms with Gasteiger partial charge in [-0.05, 0) is 366 Å². The second-order valence-corrected chi connectivity index (χ2v) is 31.4. The van der Waals surface area contributed by atoms with E-state index >= 15 is 5.21 Å². The van der Waals surface area contributed by atoms with Gasteiger partial charge in [0.05, 0.1) is 10.8 Å². The molecule has 5 heteroatoms. The first-order valence-electron chi connectivity index (χ1n) is 30.9. The predicted octanol–water partition coefficient (Wildman–Crippen LogP) is 18.5. The molecule has 0 N–H and O–H groups in total. The molecule has 0 unspecified atom stereocenters. The van der Waals surface area contributed by atoms with E-state index in [-0.39, 0.29) is 12.6 Å². The van der Waals surface area contributed by atoms with Crippen molar-refractivity contribution in [1.29, 1.82) is 0 Å². The van der Waals surface area contributed by atoms with E-state index in [1.165, 1.54) is 5.06 Å². The first kappa shape index (κ1) is 34.5. The second-order valence-electron chi connectivity index (χ2n) is 31.4. The SMILES string of the molecule is CC1(C)CC2(CC(C)(C)N1[O])N(CCOC(=O)C1=C=CC=C1)CC13c4c5c6c7c8c9c(c%10c%11c1c1c4c4c%12c5c5c6c6c8c8c%13c9c9c%10c%10c%11c%11c1c1c4c4c%12c%12c5c5c6c8c6c8c%13c9c9c%10c%10c%11c1c1c4c4c%12c5c6c5c8c9c%10c1c45)C732. The summed E-state index contributed by atoms with van der Waals surface area (Å²) in [7, 11) is 0. The van der Waals surface area contributed by atoms with Crippen LogP contribution in [0.3, 0.4) is 0 Å². The Morgan fingerprint density at radius 2 is 0.651 bits per heavy atom. The molecule has 28 aromatic carbocycles. The number of piperidine rings is 1. The molecular weight excluding hydrogens is 1010 g/mol. The lowest BCUT2D eigenvalue weighted by Gasteiger charge is -2.64. The maximum absolute atomic E-state index is 15.6. The van der Waals surface area contributed by atoms with Crippen LogP contribution in [0.4, 0.5) is 0 Å². The van der Waals surface area contributed by atoms with Crippen LogP contribution in [-0.2, 0) is 25.6 Å². The van der Waals surface area contributed by atoms with Gasteiger partial charge in [0.1, 0.15) is 12.2 Å². The van der Waals surface area contributed by atoms with Crippen LogP contribution < -0.4 is 0 Å². The second kappa shape index (κ2) is 8.05. The zero-order valence-corrected chi connectivity index (χ0v) is 44.4. The number of carbonyl (C=O) groups is 1. The van der Waals surface area contributed by atoms with Crippen molar-refractivity contribution in [1.82, 2.24) is 9.96 Å². The van der Waals surface area contributed by atoms with Crippen LogP contribution in [0.15, 0.2) is 29.5 Å². The minimum atomic E-state index is -0.726. The smallest absolute Gasteiger partial charge is 0.346 e. The molecule has 2 saturated heterocycles. The van der Waals surface area contributed by atoms with Crippen molar-refractivity contribution in [2.24, 2.45) is 0 Å². The van der Waals surface area contributed by atoms with Gasteiger partial charge in [0.2, 0.25) is 0 Å². The van der Waals surface area contributed by atoms with Crippen molar-refractivity contribution in [3.63, 3.8) is 0 Å². The lowest BCUT2D eigenvalue weighted by atomic mass is 9.42. The van der Waals surface area contributed by atoms with Gasteiger partial charge in [-0.25, -0.2) is 4.79 Å². The van der Waals surface area contributed by atoms with E-state index in [1.807, 2.05) is 18.2 Å². The molecule has 0 atom stereocenters. The largest absolute Gasteiger partial charge is 0.460 e. The molecule has 28 aromatic rings. The van der Waals surface area contributed by atoms with Crippen LogP contribution in [0.25, 0.3) is 291 Å². The summed E-state index contributed by atoms with van der Waals surface area (Å²) in [6.45, 7) is 10.8. The van der Waals surface area contributed by atoms with Crippen molar-refractivity contribution in [3.05, 3.63) is 51.8 Å². The number of likely N-dealkylation sites (tertiary alicyclic amines) is 1. The number of ether oxygens (including phenoxy) is 1. The summed E-state index contributed by atoms with van der Waals surface area (Å²) < 4.78 is 6.54. The van der Waals surface area contributed by atoms with E-state index in [0.29, 0.717) is 25.0 Å². The van der Waals surface area contributed by atoms with Gasteiger partial charge in [0, 0.05) is 29.7 Å². The summed E-state index contributed by atoms with van der Waals surface area (Å²) >= 11 is 0. The van der Waals surface area contributed by atoms with Crippen molar-refractivity contribution < 1.29 is 14.7 Å². The predicted molar refractivity (Wildman–Crippen MR) is 340 cm³/mol. The molecule has 365 valence electrons. The Balaban J connectivity index is 0.985. The molecule has 0 aromatic heterocycles. The van der Waals surface area contributed by atoms with Crippen molar-refractivity contribution in [2.45, 2.75) is 68.0 Å². The molecule has 7 aliphatic rings. The van der Waals surface area contributed by atoms with Crippen molar-refractivity contribution in [3.8, 4) is 0 Å². The average Bonchev–Trinajstić information content (AvgIpc) is 1.38. The fourth-order valence-corrected chi connectivity index (χ4v) is 29.2. The van der Waals surface area contributed by atoms with Gasteiger partial charge in [-0.2, -0.15) is 0 Å². The lowest BCUT2D eigenvalue weighted by molar-refractivity contribution is -0.306. The van der Waals surface area contributed by atoms with Crippen LogP contribution in [0, 0.1) is 0 Å². The number of rotatable bonds is 4. The number of hydrogen-bond acceptors (Lipinski definition) is 4. The third kappa shape index (κ3) is 2.04. The molecule has 0 bridgehead atoms. The van der Waals surface area contributed by atoms with Gasteiger partial charge < -0.3 is 4.74 Å². The van der Waals surface area contributed by atoms with Gasteiger partial charge in [0.25, 0.3) is 0 Å². The monoisotopic (exact) mass is 1040 g/mol. The highest BCUT2D eigenvalue weighted by molar-refractivity contribution is 6.82. The number of hydrogen-bond donors (Lipinski definition) is 0. The number of esters is 1. The van der Waals surface area contributed by atoms with Crippen LogP contribution in [0.1, 0.15) is 62.8 Å². The van der Waals surface area contributed by atoms with Crippen molar-refractivity contribution in [2.75, 3.05) is 19.7 Å². The number of benzene rings is 18. The number of nitrogens with zero attached hydrogens (tertiary/aromatic N) is 2. The average molecular weight is 1040 g/mol. The maximum Gasteiger partial charge on any atom is 0.346 e. The molecular formula is C78H25N2O3. The fourth-order valence-electron chi connectivity index (χ4n) is 29.2. The molecule has 1 radical (unpaired) electrons. The van der Waals surface area contributed by atoms with Crippen LogP contribution in [0.5, 0.6) is 0 Å². The maximum atomic E-state index is 15.6. The summed E-state index contributed by atoms with van der Waals surface area (Å²) in [6, 6.07) is 0. The quantitative estimate of drug-likeness (QED) is 0.100. The molecule has 3 spiro atoms. The van der Waals surface area contributed by atoms with Gasteiger partial charge in [0.15, 0.2) is 0 Å². The highest BCUT2D eigenvalue weighted by atomic mass is 16.5. The first-order chi connectivity index (χ1) is 40.7. The topological polar surface area (TPSA) is 52.7 Å². The Morgan fingerprint density at radius 3 is 0.904 bits per heavy atom. The molecule has 2 fully saturated rings. The Morgan fingerprint density at radius 1 is 0.398 bits per heavy atom. The Kier molecular flexibility index (Phi) is 3.35. The number of hydroxylamine groups is 2. The van der Waals surface area contributed by atoms with E-state index in [0.717, 1.165) is 6.54 Å². The van der Waals surface area contributed by atoms with E-state index in [4.69, 9.17) is 4.74 Å². The first-order valence-corrected chi connectivity index (χ1v) is 30.9. The molecule has 5 aliphatic carbocycles. The van der Waals surface area contributed by atoms with E-state index < -0.39 is 27.4 Å². The summed E-state index contributed by atoms with van der Waals surface area (Å²) in [5.41, 5.74) is 7.10. The third-order valence-electron chi connectivity index (χ3n) is 29.2. The van der Waals surface area contributed by atoms with Gasteiger partial charge in [-0.1, -0.05) is 6.08 Å². The minimum Gasteiger partial charge on any atom is -0.460 e. The molecule has 0 saturated carbocycles. The van der Waals surface area contributed by atoms with Crippen LogP contribution in [-0.4, -0.2) is 52.2 Å². The van der Waals surface area contributed by atoms with Crippen LogP contribution >= 0.6 is 0 Å². The number of allylic oxidation sites excluding steroid dienone is 1. The van der Waals surface area contributed by atoms with Gasteiger partial charge in [-0.15, -0.1) is 16.0 Å². The van der Waals surface area contributed by atoms with Gasteiger partial charge >= 0.3 is 5.97 Å². The fraction of sp³-hybridized carbons (Fsp3) is 0.179. The van der Waals surface area contributed by atoms with E-state index in [1.54, 1.807) is 313 Å². The molecule has 35 rings (SSSR count). The minimum absolute atomic E-state index is 0.270. The molecule has 83 heavy (non-hydrogen) atoms. The van der Waals surface area contributed by atoms with E-state index in [2.05, 4.69) is 38.3 Å². The Hall–Kier alpha value is -8.93. The zero-order valence-electron chi connectivity index (χ0n) is 44.4. The number of carbonyl (C=O) groups excluding carboxylic acids is 1. The summed E-state index contributed by atoms with van der Waals surface area (Å²) in [5, 5.41) is 103. The van der Waals surface area contributed by atoms with Crippen molar-refractivity contribution >= 4 is 297 Å². The van der Waals surface area contributed by atoms with Gasteiger partial charge in [-0.3, -0.25) is 4.90 Å². The highest BCUT2D eigenvalue weighted by Gasteiger charge is 2.82. The zero-order chi connectivity index (χ0) is 51.4. The summed E-state index contributed by atoms with van der Waals surface area (Å²) in [4.78, 5) is 17.1. The highest BCUT2D eigenvalue weighted by Crippen LogP contribution is 2.88. The Bertz CT molecular complexity index is 7760. The third-order valence-corrected chi connectivity index (χ3v) is 29.2. The standard InChI is InChI=1S/C78H25N2O3/c1-74(2)11-76(12-75(3,4)80(74)82)78-71-65-59-49-37-29-21-17-15-16-19-23(21)31(37)41-35-27(19)28-20(16)24-22-18(15)26-25(17)33-39(29)47-53-43(33)44-34(26)40-30(22)38-32(24)42-36(28)46-45(35)57(51(41)59)67(71)68-58(46)52(42)60-50(38)56-48(40)54(44)62-61(53)69(63(65)55(47)49)77(78,70(62)64(56)66(60)72(68)78)13-79(76)9-10-83-73(81)14-7-5-6-8-14/h5-7H,9-13H2,1-4H3.